The molecule has 1 unspecified atom stereocenters. The molecule has 0 radical (unpaired) electrons. The molecule has 2 aliphatic carbocycles. The number of amides is 1. The third-order valence-corrected chi connectivity index (χ3v) is 5.57. The van der Waals surface area contributed by atoms with E-state index in [-0.39, 0.29) is 23.1 Å². The molecule has 0 aliphatic heterocycles. The minimum absolute atomic E-state index is 0.0418. The number of anilines is 1. The molecule has 2 aliphatic rings. The number of halogens is 1. The first kappa shape index (κ1) is 17.0. The van der Waals surface area contributed by atoms with Crippen LogP contribution in [0.1, 0.15) is 32.1 Å². The second-order valence-corrected chi connectivity index (χ2v) is 7.38. The van der Waals surface area contributed by atoms with E-state index in [1.165, 1.54) is 12.1 Å². The summed E-state index contributed by atoms with van der Waals surface area (Å²) in [7, 11) is 0. The van der Waals surface area contributed by atoms with E-state index in [9.17, 15) is 9.18 Å². The smallest absolute Gasteiger partial charge is 0.229 e. The highest BCUT2D eigenvalue weighted by molar-refractivity contribution is 5.94. The van der Waals surface area contributed by atoms with Gasteiger partial charge in [0.05, 0.1) is 6.20 Å². The molecule has 5 nitrogen and oxygen atoms in total. The fraction of sp³-hybridized carbons (Fsp3) is 0.400. The van der Waals surface area contributed by atoms with E-state index in [1.807, 2.05) is 0 Å². The quantitative estimate of drug-likeness (QED) is 0.873. The van der Waals surface area contributed by atoms with Crippen LogP contribution in [0.5, 0.6) is 11.5 Å². The largest absolute Gasteiger partial charge is 0.456 e. The summed E-state index contributed by atoms with van der Waals surface area (Å²) in [6.07, 6.45) is 6.61. The Hall–Kier alpha value is -2.47. The van der Waals surface area contributed by atoms with Crippen LogP contribution < -0.4 is 15.8 Å². The number of benzene rings is 1. The zero-order chi connectivity index (χ0) is 18.1. The molecule has 2 saturated carbocycles. The fourth-order valence-electron chi connectivity index (χ4n) is 3.85. The van der Waals surface area contributed by atoms with Crippen LogP contribution in [-0.4, -0.2) is 16.9 Å². The van der Waals surface area contributed by atoms with Crippen molar-refractivity contribution in [2.24, 2.45) is 17.1 Å². The van der Waals surface area contributed by atoms with Gasteiger partial charge in [0.15, 0.2) is 0 Å². The summed E-state index contributed by atoms with van der Waals surface area (Å²) >= 11 is 0. The average Bonchev–Trinajstić information content (AvgIpc) is 3.35. The summed E-state index contributed by atoms with van der Waals surface area (Å²) in [5.41, 5.74) is 6.14. The van der Waals surface area contributed by atoms with Gasteiger partial charge in [-0.2, -0.15) is 0 Å². The van der Waals surface area contributed by atoms with Crippen LogP contribution in [0.25, 0.3) is 0 Å². The Bertz CT molecular complexity index is 784. The summed E-state index contributed by atoms with van der Waals surface area (Å²) in [5.74, 6) is 1.37. The van der Waals surface area contributed by atoms with Crippen LogP contribution in [-0.2, 0) is 4.79 Å². The molecule has 26 heavy (non-hydrogen) atoms. The van der Waals surface area contributed by atoms with Gasteiger partial charge in [-0.25, -0.2) is 9.37 Å². The van der Waals surface area contributed by atoms with Gasteiger partial charge in [-0.05, 0) is 73.9 Å². The van der Waals surface area contributed by atoms with E-state index in [0.717, 1.165) is 32.1 Å². The molecule has 4 rings (SSSR count). The highest BCUT2D eigenvalue weighted by Gasteiger charge is 2.58. The van der Waals surface area contributed by atoms with Crippen molar-refractivity contribution in [2.45, 2.75) is 38.1 Å². The zero-order valence-corrected chi connectivity index (χ0v) is 14.5. The molecule has 1 aromatic heterocycles. The lowest BCUT2D eigenvalue weighted by Crippen LogP contribution is -2.29. The van der Waals surface area contributed by atoms with Crippen molar-refractivity contribution in [3.05, 3.63) is 48.4 Å². The molecule has 1 aromatic carbocycles. The summed E-state index contributed by atoms with van der Waals surface area (Å²) in [4.78, 5) is 16.7. The predicted octanol–water partition coefficient (Wildman–Crippen LogP) is 3.86. The zero-order valence-electron chi connectivity index (χ0n) is 14.5. The molecular weight excluding hydrogens is 333 g/mol. The summed E-state index contributed by atoms with van der Waals surface area (Å²) in [6, 6.07) is 9.50. The van der Waals surface area contributed by atoms with Crippen LogP contribution in [0.3, 0.4) is 0 Å². The molecule has 1 atom stereocenters. The highest BCUT2D eigenvalue weighted by atomic mass is 19.1. The van der Waals surface area contributed by atoms with E-state index < -0.39 is 0 Å². The Morgan fingerprint density at radius 2 is 1.85 bits per heavy atom. The predicted molar refractivity (Wildman–Crippen MR) is 96.3 cm³/mol. The number of aromatic nitrogens is 1. The number of nitrogens with two attached hydrogens (primary N) is 1. The number of carbonyl (C=O) groups excluding carboxylic acids is 1. The van der Waals surface area contributed by atoms with Crippen LogP contribution in [0.15, 0.2) is 42.6 Å². The second-order valence-electron chi connectivity index (χ2n) is 7.38. The molecule has 136 valence electrons. The maximum absolute atomic E-state index is 12.9. The van der Waals surface area contributed by atoms with Crippen LogP contribution in [0, 0.1) is 17.2 Å². The topological polar surface area (TPSA) is 77.2 Å². The van der Waals surface area contributed by atoms with Crippen LogP contribution in [0.2, 0.25) is 0 Å². The van der Waals surface area contributed by atoms with Gasteiger partial charge in [0.25, 0.3) is 0 Å². The first-order chi connectivity index (χ1) is 12.5. The van der Waals surface area contributed by atoms with Gasteiger partial charge < -0.3 is 15.8 Å². The minimum atomic E-state index is -0.314. The van der Waals surface area contributed by atoms with Gasteiger partial charge >= 0.3 is 0 Å². The number of nitrogens with zero attached hydrogens (tertiary/aromatic N) is 1. The maximum atomic E-state index is 12.9. The summed E-state index contributed by atoms with van der Waals surface area (Å²) in [6.45, 7) is 0. The fourth-order valence-corrected chi connectivity index (χ4v) is 3.85. The van der Waals surface area contributed by atoms with E-state index in [1.54, 1.807) is 30.5 Å². The van der Waals surface area contributed by atoms with Crippen molar-refractivity contribution in [3.63, 3.8) is 0 Å². The van der Waals surface area contributed by atoms with E-state index in [4.69, 9.17) is 10.5 Å². The van der Waals surface area contributed by atoms with E-state index in [2.05, 4.69) is 10.3 Å². The lowest BCUT2D eigenvalue weighted by Gasteiger charge is -2.26. The van der Waals surface area contributed by atoms with Crippen molar-refractivity contribution in [1.29, 1.82) is 0 Å². The van der Waals surface area contributed by atoms with Crippen LogP contribution >= 0.6 is 0 Å². The number of ether oxygens (including phenoxy) is 1. The molecule has 2 fully saturated rings. The third-order valence-electron chi connectivity index (χ3n) is 5.57. The molecule has 2 aromatic rings. The van der Waals surface area contributed by atoms with Crippen molar-refractivity contribution in [1.82, 2.24) is 4.98 Å². The first-order valence-corrected chi connectivity index (χ1v) is 9.00. The molecule has 1 heterocycles. The lowest BCUT2D eigenvalue weighted by molar-refractivity contribution is -0.118. The summed E-state index contributed by atoms with van der Waals surface area (Å²) in [5, 5.41) is 2.90. The molecule has 1 spiro atoms. The monoisotopic (exact) mass is 355 g/mol. The number of rotatable bonds is 4. The Labute approximate surface area is 151 Å². The van der Waals surface area contributed by atoms with Crippen molar-refractivity contribution >= 4 is 11.7 Å². The molecular formula is C20H22FN3O2. The van der Waals surface area contributed by atoms with Crippen LogP contribution in [0.4, 0.5) is 10.2 Å². The molecule has 0 saturated heterocycles. The lowest BCUT2D eigenvalue weighted by atomic mass is 9.82. The first-order valence-electron chi connectivity index (χ1n) is 9.00. The standard InChI is InChI=1S/C20H22FN3O2/c21-13-1-3-15(4-2-13)26-16-5-6-18(23-12-16)24-19(25)17-11-20(17)9-7-14(22)8-10-20/h1-6,12,14,17H,7-11,22H2,(H,23,24,25). The molecule has 3 N–H and O–H groups in total. The van der Waals surface area contributed by atoms with Gasteiger partial charge in [-0.1, -0.05) is 0 Å². The second kappa shape index (κ2) is 6.68. The summed E-state index contributed by atoms with van der Waals surface area (Å²) < 4.78 is 18.5. The van der Waals surface area contributed by atoms with Gasteiger partial charge in [-0.3, -0.25) is 4.79 Å². The SMILES string of the molecule is NC1CCC2(CC1)CC2C(=O)Nc1ccc(Oc2ccc(F)cc2)cn1. The Morgan fingerprint density at radius 1 is 1.15 bits per heavy atom. The minimum Gasteiger partial charge on any atom is -0.456 e. The van der Waals surface area contributed by atoms with E-state index in [0.29, 0.717) is 23.4 Å². The van der Waals surface area contributed by atoms with Crippen molar-refractivity contribution < 1.29 is 13.9 Å². The number of hydrogen-bond acceptors (Lipinski definition) is 4. The average molecular weight is 355 g/mol. The number of hydrogen-bond donors (Lipinski definition) is 2. The van der Waals surface area contributed by atoms with Gasteiger partial charge in [0, 0.05) is 12.0 Å². The number of carbonyl (C=O) groups is 1. The number of pyridine rings is 1. The Balaban J connectivity index is 1.33. The van der Waals surface area contributed by atoms with Gasteiger partial charge in [0.2, 0.25) is 5.91 Å². The molecule has 0 bridgehead atoms. The third kappa shape index (κ3) is 3.55. The number of nitrogens with one attached hydrogen (secondary N) is 1. The molecule has 6 heteroatoms. The normalized spacial score (nSPS) is 27.2. The Morgan fingerprint density at radius 3 is 2.50 bits per heavy atom. The Kier molecular flexibility index (Phi) is 4.36. The highest BCUT2D eigenvalue weighted by Crippen LogP contribution is 2.61. The van der Waals surface area contributed by atoms with Gasteiger partial charge in [0.1, 0.15) is 23.1 Å². The van der Waals surface area contributed by atoms with Crippen molar-refractivity contribution in [3.8, 4) is 11.5 Å². The molecule has 1 amide bonds. The van der Waals surface area contributed by atoms with E-state index >= 15 is 0 Å². The maximum Gasteiger partial charge on any atom is 0.229 e. The van der Waals surface area contributed by atoms with Gasteiger partial charge in [-0.15, -0.1) is 0 Å². The van der Waals surface area contributed by atoms with Crippen molar-refractivity contribution in [2.75, 3.05) is 5.32 Å².